The normalized spacial score (nSPS) is 12.7. The van der Waals surface area contributed by atoms with Crippen LogP contribution in [0.4, 0.5) is 11.4 Å². The van der Waals surface area contributed by atoms with Gasteiger partial charge in [0.2, 0.25) is 0 Å². The zero-order valence-corrected chi connectivity index (χ0v) is 16.8. The van der Waals surface area contributed by atoms with Gasteiger partial charge in [0.25, 0.3) is 5.91 Å². The van der Waals surface area contributed by atoms with Crippen LogP contribution in [-0.2, 0) is 33.7 Å². The number of anilines is 2. The molecular formula is C24H20N4O3. The molecule has 2 heterocycles. The summed E-state index contributed by atoms with van der Waals surface area (Å²) in [7, 11) is 0. The summed E-state index contributed by atoms with van der Waals surface area (Å²) < 4.78 is 6.80. The molecule has 0 radical (unpaired) electrons. The zero-order valence-electron chi connectivity index (χ0n) is 16.8. The molecule has 3 aromatic carbocycles. The molecule has 7 nitrogen and oxygen atoms in total. The average Bonchev–Trinajstić information content (AvgIpc) is 3.12. The fraction of sp³-hybridized carbons (Fsp3) is 0.167. The minimum absolute atomic E-state index is 0.110. The molecule has 0 saturated heterocycles. The number of ether oxygens (including phenoxy) is 1. The molecule has 0 fully saturated rings. The van der Waals surface area contributed by atoms with Gasteiger partial charge >= 0.3 is 5.97 Å². The van der Waals surface area contributed by atoms with Gasteiger partial charge in [0.1, 0.15) is 12.1 Å². The molecule has 0 bridgehead atoms. The standard InChI is InChI=1S/C24H20N4O3/c29-23(16-31-24(30)15-27-22-12-6-3-9-19(22)25-26-27)28-20-10-4-1-7-17(20)13-14-18-8-2-5-11-21(18)28/h1-12H,13-16H2. The van der Waals surface area contributed by atoms with Crippen molar-refractivity contribution in [3.05, 3.63) is 83.9 Å². The van der Waals surface area contributed by atoms with E-state index >= 15 is 0 Å². The Bertz CT molecular complexity index is 1230. The number of amides is 1. The molecule has 0 unspecified atom stereocenters. The lowest BCUT2D eigenvalue weighted by Crippen LogP contribution is -2.32. The molecule has 154 valence electrons. The SMILES string of the molecule is O=C(Cn1nnc2ccccc21)OCC(=O)N1c2ccccc2CCc2ccccc21. The highest BCUT2D eigenvalue weighted by Crippen LogP contribution is 2.35. The lowest BCUT2D eigenvalue weighted by atomic mass is 10.0. The van der Waals surface area contributed by atoms with Crippen LogP contribution in [-0.4, -0.2) is 33.5 Å². The summed E-state index contributed by atoms with van der Waals surface area (Å²) in [5.41, 5.74) is 5.27. The van der Waals surface area contributed by atoms with Gasteiger partial charge in [0.05, 0.1) is 16.9 Å². The highest BCUT2D eigenvalue weighted by molar-refractivity contribution is 6.03. The number of aryl methyl sites for hydroxylation is 2. The number of nitrogens with zero attached hydrogens (tertiary/aromatic N) is 4. The van der Waals surface area contributed by atoms with E-state index < -0.39 is 5.97 Å². The van der Waals surface area contributed by atoms with Crippen LogP contribution < -0.4 is 4.90 Å². The largest absolute Gasteiger partial charge is 0.454 e. The van der Waals surface area contributed by atoms with E-state index in [2.05, 4.69) is 10.3 Å². The lowest BCUT2D eigenvalue weighted by molar-refractivity contribution is -0.148. The van der Waals surface area contributed by atoms with Crippen LogP contribution in [0.5, 0.6) is 0 Å². The average molecular weight is 412 g/mol. The quantitative estimate of drug-likeness (QED) is 0.480. The third kappa shape index (κ3) is 3.66. The van der Waals surface area contributed by atoms with Crippen molar-refractivity contribution in [1.29, 1.82) is 0 Å². The number of benzene rings is 3. The van der Waals surface area contributed by atoms with E-state index in [0.717, 1.165) is 40.9 Å². The Morgan fingerprint density at radius 1 is 0.839 bits per heavy atom. The van der Waals surface area contributed by atoms with Crippen molar-refractivity contribution in [3.63, 3.8) is 0 Å². The molecule has 0 saturated carbocycles. The predicted molar refractivity (Wildman–Crippen MR) is 116 cm³/mol. The van der Waals surface area contributed by atoms with Crippen molar-refractivity contribution in [2.75, 3.05) is 11.5 Å². The second-order valence-corrected chi connectivity index (χ2v) is 7.38. The number of rotatable bonds is 4. The summed E-state index contributed by atoms with van der Waals surface area (Å²) in [5, 5.41) is 8.03. The second-order valence-electron chi connectivity index (χ2n) is 7.38. The number of carbonyl (C=O) groups is 2. The van der Waals surface area contributed by atoms with Gasteiger partial charge in [-0.3, -0.25) is 14.5 Å². The van der Waals surface area contributed by atoms with Crippen LogP contribution in [0, 0.1) is 0 Å². The first kappa shape index (κ1) is 19.0. The maximum Gasteiger partial charge on any atom is 0.328 e. The van der Waals surface area contributed by atoms with E-state index in [4.69, 9.17) is 4.74 Å². The molecule has 7 heteroatoms. The molecule has 31 heavy (non-hydrogen) atoms. The Balaban J connectivity index is 1.35. The van der Waals surface area contributed by atoms with Gasteiger partial charge in [-0.15, -0.1) is 5.10 Å². The fourth-order valence-electron chi connectivity index (χ4n) is 3.96. The first-order valence-corrected chi connectivity index (χ1v) is 10.1. The molecule has 0 spiro atoms. The van der Waals surface area contributed by atoms with Gasteiger partial charge in [-0.25, -0.2) is 4.68 Å². The molecule has 5 rings (SSSR count). The van der Waals surface area contributed by atoms with Crippen LogP contribution >= 0.6 is 0 Å². The molecule has 1 aliphatic rings. The van der Waals surface area contributed by atoms with Crippen LogP contribution in [0.2, 0.25) is 0 Å². The smallest absolute Gasteiger partial charge is 0.328 e. The number of para-hydroxylation sites is 3. The topological polar surface area (TPSA) is 77.3 Å². The van der Waals surface area contributed by atoms with Gasteiger partial charge in [-0.05, 0) is 48.2 Å². The highest BCUT2D eigenvalue weighted by atomic mass is 16.5. The minimum atomic E-state index is -0.541. The van der Waals surface area contributed by atoms with Crippen molar-refractivity contribution in [1.82, 2.24) is 15.0 Å². The monoisotopic (exact) mass is 412 g/mol. The van der Waals surface area contributed by atoms with E-state index in [1.165, 1.54) is 4.68 Å². The van der Waals surface area contributed by atoms with E-state index in [1.807, 2.05) is 72.8 Å². The van der Waals surface area contributed by atoms with Crippen LogP contribution in [0.1, 0.15) is 11.1 Å². The predicted octanol–water partition coefficient (Wildman–Crippen LogP) is 3.44. The molecule has 4 aromatic rings. The molecule has 1 aromatic heterocycles. The van der Waals surface area contributed by atoms with E-state index in [9.17, 15) is 9.59 Å². The van der Waals surface area contributed by atoms with Gasteiger partial charge in [0.15, 0.2) is 6.61 Å². The van der Waals surface area contributed by atoms with Gasteiger partial charge in [-0.2, -0.15) is 0 Å². The summed E-state index contributed by atoms with van der Waals surface area (Å²) in [5.74, 6) is -0.834. The van der Waals surface area contributed by atoms with Crippen molar-refractivity contribution < 1.29 is 14.3 Å². The number of aromatic nitrogens is 3. The minimum Gasteiger partial charge on any atom is -0.454 e. The number of esters is 1. The second kappa shape index (κ2) is 8.02. The first-order chi connectivity index (χ1) is 15.2. The summed E-state index contributed by atoms with van der Waals surface area (Å²) in [6.07, 6.45) is 1.69. The molecule has 0 N–H and O–H groups in total. The maximum atomic E-state index is 13.2. The molecule has 1 aliphatic heterocycles. The molecule has 0 atom stereocenters. The fourth-order valence-corrected chi connectivity index (χ4v) is 3.96. The Morgan fingerprint density at radius 3 is 2.16 bits per heavy atom. The lowest BCUT2D eigenvalue weighted by Gasteiger charge is -2.24. The van der Waals surface area contributed by atoms with Crippen LogP contribution in [0.3, 0.4) is 0 Å². The summed E-state index contributed by atoms with van der Waals surface area (Å²) in [6, 6.07) is 23.1. The van der Waals surface area contributed by atoms with E-state index in [0.29, 0.717) is 5.52 Å². The number of hydrogen-bond donors (Lipinski definition) is 0. The Kier molecular flexibility index (Phi) is 4.92. The summed E-state index contributed by atoms with van der Waals surface area (Å²) >= 11 is 0. The zero-order chi connectivity index (χ0) is 21.2. The Hall–Kier alpha value is -4.00. The third-order valence-electron chi connectivity index (χ3n) is 5.43. The maximum absolute atomic E-state index is 13.2. The molecule has 0 aliphatic carbocycles. The van der Waals surface area contributed by atoms with Crippen LogP contribution in [0.25, 0.3) is 11.0 Å². The molecular weight excluding hydrogens is 392 g/mol. The van der Waals surface area contributed by atoms with Gasteiger partial charge < -0.3 is 4.74 Å². The van der Waals surface area contributed by atoms with Crippen molar-refractivity contribution in [3.8, 4) is 0 Å². The van der Waals surface area contributed by atoms with Gasteiger partial charge in [-0.1, -0.05) is 53.7 Å². The van der Waals surface area contributed by atoms with Crippen molar-refractivity contribution in [2.45, 2.75) is 19.4 Å². The molecule has 1 amide bonds. The third-order valence-corrected chi connectivity index (χ3v) is 5.43. The summed E-state index contributed by atoms with van der Waals surface area (Å²) in [4.78, 5) is 27.3. The summed E-state index contributed by atoms with van der Waals surface area (Å²) in [6.45, 7) is -0.463. The Labute approximate surface area is 178 Å². The number of fused-ring (bicyclic) bond motifs is 3. The van der Waals surface area contributed by atoms with E-state index in [1.54, 1.807) is 4.90 Å². The van der Waals surface area contributed by atoms with Crippen molar-refractivity contribution >= 4 is 34.3 Å². The highest BCUT2D eigenvalue weighted by Gasteiger charge is 2.26. The first-order valence-electron chi connectivity index (χ1n) is 10.1. The Morgan fingerprint density at radius 2 is 1.45 bits per heavy atom. The van der Waals surface area contributed by atoms with Crippen molar-refractivity contribution in [2.24, 2.45) is 0 Å². The van der Waals surface area contributed by atoms with Gasteiger partial charge in [0, 0.05) is 0 Å². The van der Waals surface area contributed by atoms with Crippen LogP contribution in [0.15, 0.2) is 72.8 Å². The number of hydrogen-bond acceptors (Lipinski definition) is 5. The van der Waals surface area contributed by atoms with E-state index in [-0.39, 0.29) is 19.1 Å². The number of carbonyl (C=O) groups excluding carboxylic acids is 2.